The first kappa shape index (κ1) is 18.4. The smallest absolute Gasteiger partial charge is 0.128 e. The minimum absolute atomic E-state index is 0. The zero-order valence-electron chi connectivity index (χ0n) is 11.1. The number of nitrogens with zero attached hydrogens (tertiary/aromatic N) is 1. The highest BCUT2D eigenvalue weighted by Gasteiger charge is 2.21. The normalized spacial score (nSPS) is 16.9. The number of hydrogen-bond donors (Lipinski definition) is 1. The molecule has 0 aliphatic carbocycles. The fourth-order valence-corrected chi connectivity index (χ4v) is 2.32. The van der Waals surface area contributed by atoms with Crippen molar-refractivity contribution >= 4 is 24.8 Å². The van der Waals surface area contributed by atoms with Gasteiger partial charge in [-0.05, 0) is 13.0 Å². The highest BCUT2D eigenvalue weighted by atomic mass is 35.5. The fraction of sp³-hybridized carbons (Fsp3) is 0.429. The summed E-state index contributed by atoms with van der Waals surface area (Å²) in [5.74, 6) is -0.140. The Labute approximate surface area is 126 Å². The second-order valence-electron chi connectivity index (χ2n) is 4.49. The van der Waals surface area contributed by atoms with Crippen LogP contribution in [0, 0.1) is 12.7 Å². The third-order valence-electron chi connectivity index (χ3n) is 3.24. The van der Waals surface area contributed by atoms with E-state index in [2.05, 4.69) is 16.8 Å². The van der Waals surface area contributed by atoms with Gasteiger partial charge in [-0.15, -0.1) is 31.4 Å². The second-order valence-corrected chi connectivity index (χ2v) is 4.49. The lowest BCUT2D eigenvalue weighted by Crippen LogP contribution is -2.44. The van der Waals surface area contributed by atoms with E-state index >= 15 is 0 Å². The number of halogens is 3. The summed E-state index contributed by atoms with van der Waals surface area (Å²) in [7, 11) is 0. The molecule has 1 heterocycles. The van der Waals surface area contributed by atoms with Crippen molar-refractivity contribution in [3.63, 3.8) is 0 Å². The Morgan fingerprint density at radius 3 is 2.53 bits per heavy atom. The molecule has 0 aromatic heterocycles. The Morgan fingerprint density at radius 1 is 1.32 bits per heavy atom. The molecular weight excluding hydrogens is 286 g/mol. The Bertz CT molecular complexity index is 406. The summed E-state index contributed by atoms with van der Waals surface area (Å²) in [5.41, 5.74) is 1.82. The van der Waals surface area contributed by atoms with Crippen molar-refractivity contribution in [3.8, 4) is 0 Å². The molecule has 0 saturated carbocycles. The average molecular weight is 307 g/mol. The van der Waals surface area contributed by atoms with Crippen molar-refractivity contribution in [1.29, 1.82) is 0 Å². The summed E-state index contributed by atoms with van der Waals surface area (Å²) in [5, 5.41) is 3.30. The minimum atomic E-state index is -0.140. The molecule has 1 atom stereocenters. The van der Waals surface area contributed by atoms with Gasteiger partial charge in [-0.3, -0.25) is 4.90 Å². The van der Waals surface area contributed by atoms with E-state index in [1.807, 2.05) is 19.1 Å². The van der Waals surface area contributed by atoms with Crippen molar-refractivity contribution in [2.24, 2.45) is 0 Å². The molecule has 0 spiro atoms. The third-order valence-corrected chi connectivity index (χ3v) is 3.24. The first-order chi connectivity index (χ1) is 8.22. The highest BCUT2D eigenvalue weighted by Crippen LogP contribution is 2.25. The Balaban J connectivity index is 0.00000162. The van der Waals surface area contributed by atoms with E-state index in [1.54, 1.807) is 12.1 Å². The molecule has 1 saturated heterocycles. The number of nitrogens with one attached hydrogen (secondary N) is 1. The molecule has 1 fully saturated rings. The number of hydrogen-bond acceptors (Lipinski definition) is 2. The van der Waals surface area contributed by atoms with Crippen molar-refractivity contribution in [3.05, 3.63) is 47.8 Å². The molecule has 1 aliphatic rings. The molecule has 0 bridgehead atoms. The predicted molar refractivity (Wildman–Crippen MR) is 83.0 cm³/mol. The van der Waals surface area contributed by atoms with Gasteiger partial charge >= 0.3 is 0 Å². The molecule has 0 unspecified atom stereocenters. The lowest BCUT2D eigenvalue weighted by molar-refractivity contribution is 0.200. The lowest BCUT2D eigenvalue weighted by atomic mass is 10.0. The van der Waals surface area contributed by atoms with E-state index < -0.39 is 0 Å². The summed E-state index contributed by atoms with van der Waals surface area (Å²) < 4.78 is 13.9. The maximum absolute atomic E-state index is 13.9. The number of rotatable bonds is 3. The Hall–Kier alpha value is -0.610. The van der Waals surface area contributed by atoms with Crippen LogP contribution in [0.1, 0.15) is 17.2 Å². The highest BCUT2D eigenvalue weighted by molar-refractivity contribution is 5.85. The van der Waals surface area contributed by atoms with E-state index in [0.717, 1.165) is 37.3 Å². The van der Waals surface area contributed by atoms with E-state index in [9.17, 15) is 4.39 Å². The third kappa shape index (κ3) is 4.46. The van der Waals surface area contributed by atoms with E-state index in [0.29, 0.717) is 0 Å². The van der Waals surface area contributed by atoms with Crippen LogP contribution >= 0.6 is 24.8 Å². The molecule has 0 amide bonds. The Morgan fingerprint density at radius 2 is 1.95 bits per heavy atom. The molecule has 19 heavy (non-hydrogen) atoms. The topological polar surface area (TPSA) is 15.3 Å². The molecule has 2 nitrogen and oxygen atoms in total. The molecule has 1 aliphatic heterocycles. The first-order valence-corrected chi connectivity index (χ1v) is 6.06. The monoisotopic (exact) mass is 306 g/mol. The van der Waals surface area contributed by atoms with E-state index in [1.165, 1.54) is 0 Å². The van der Waals surface area contributed by atoms with Crippen LogP contribution in [0.5, 0.6) is 0 Å². The zero-order chi connectivity index (χ0) is 12.3. The van der Waals surface area contributed by atoms with Crippen LogP contribution in [-0.2, 0) is 0 Å². The average Bonchev–Trinajstić information content (AvgIpc) is 2.36. The van der Waals surface area contributed by atoms with Crippen LogP contribution in [0.3, 0.4) is 0 Å². The summed E-state index contributed by atoms with van der Waals surface area (Å²) in [6.07, 6.45) is 1.84. The largest absolute Gasteiger partial charge is 0.314 e. The van der Waals surface area contributed by atoms with Gasteiger partial charge in [0.25, 0.3) is 0 Å². The van der Waals surface area contributed by atoms with Crippen LogP contribution in [0.2, 0.25) is 0 Å². The molecule has 1 N–H and O–H groups in total. The van der Waals surface area contributed by atoms with Crippen LogP contribution in [0.15, 0.2) is 30.9 Å². The number of aryl methyl sites for hydroxylation is 1. The van der Waals surface area contributed by atoms with Crippen molar-refractivity contribution in [2.45, 2.75) is 13.0 Å². The van der Waals surface area contributed by atoms with Gasteiger partial charge in [-0.2, -0.15) is 0 Å². The second kappa shape index (κ2) is 8.54. The van der Waals surface area contributed by atoms with Gasteiger partial charge < -0.3 is 5.32 Å². The zero-order valence-corrected chi connectivity index (χ0v) is 12.7. The standard InChI is InChI=1S/C14H19FN2.2ClH/c1-3-14(17-8-6-16-7-9-17)12-10-11(2)4-5-13(12)15;;/h3-5,10,14,16H,1,6-9H2,2H3;2*1H/t14-;;/m1../s1. The lowest BCUT2D eigenvalue weighted by Gasteiger charge is -2.33. The van der Waals surface area contributed by atoms with Crippen molar-refractivity contribution < 1.29 is 4.39 Å². The first-order valence-electron chi connectivity index (χ1n) is 6.06. The summed E-state index contributed by atoms with van der Waals surface area (Å²) >= 11 is 0. The van der Waals surface area contributed by atoms with Crippen LogP contribution < -0.4 is 5.32 Å². The number of benzene rings is 1. The summed E-state index contributed by atoms with van der Waals surface area (Å²) in [6.45, 7) is 9.62. The summed E-state index contributed by atoms with van der Waals surface area (Å²) in [4.78, 5) is 2.27. The quantitative estimate of drug-likeness (QED) is 0.863. The molecule has 0 radical (unpaired) electrons. The maximum atomic E-state index is 13.9. The maximum Gasteiger partial charge on any atom is 0.128 e. The van der Waals surface area contributed by atoms with Gasteiger partial charge in [0.2, 0.25) is 0 Å². The van der Waals surface area contributed by atoms with Gasteiger partial charge in [0.15, 0.2) is 0 Å². The minimum Gasteiger partial charge on any atom is -0.314 e. The molecular formula is C14H21Cl2FN2. The molecule has 108 valence electrons. The molecule has 2 rings (SSSR count). The fourth-order valence-electron chi connectivity index (χ4n) is 2.32. The predicted octanol–water partition coefficient (Wildman–Crippen LogP) is 3.11. The van der Waals surface area contributed by atoms with Crippen LogP contribution in [-0.4, -0.2) is 31.1 Å². The van der Waals surface area contributed by atoms with Gasteiger partial charge in [0.1, 0.15) is 5.82 Å². The number of piperazine rings is 1. The van der Waals surface area contributed by atoms with Crippen molar-refractivity contribution in [2.75, 3.05) is 26.2 Å². The van der Waals surface area contributed by atoms with Gasteiger partial charge in [0, 0.05) is 31.7 Å². The van der Waals surface area contributed by atoms with Gasteiger partial charge in [0.05, 0.1) is 6.04 Å². The van der Waals surface area contributed by atoms with E-state index in [4.69, 9.17) is 0 Å². The van der Waals surface area contributed by atoms with Crippen LogP contribution in [0.25, 0.3) is 0 Å². The molecule has 1 aromatic carbocycles. The van der Waals surface area contributed by atoms with Crippen LogP contribution in [0.4, 0.5) is 4.39 Å². The Kier molecular flexibility index (Phi) is 8.26. The van der Waals surface area contributed by atoms with Gasteiger partial charge in [-0.1, -0.05) is 23.8 Å². The van der Waals surface area contributed by atoms with E-state index in [-0.39, 0.29) is 36.7 Å². The van der Waals surface area contributed by atoms with Gasteiger partial charge in [-0.25, -0.2) is 4.39 Å². The SMILES string of the molecule is C=C[C@H](c1cc(C)ccc1F)N1CCNCC1.Cl.Cl. The summed E-state index contributed by atoms with van der Waals surface area (Å²) in [6, 6.07) is 5.25. The van der Waals surface area contributed by atoms with Crippen molar-refractivity contribution in [1.82, 2.24) is 10.2 Å². The molecule has 5 heteroatoms. The molecule has 1 aromatic rings.